The maximum absolute atomic E-state index is 12.2. The first-order chi connectivity index (χ1) is 13.7. The molecule has 154 valence electrons. The number of carbonyl (C=O) groups excluding carboxylic acids is 2. The van der Waals surface area contributed by atoms with Gasteiger partial charge >= 0.3 is 0 Å². The summed E-state index contributed by atoms with van der Waals surface area (Å²) in [6.07, 6.45) is 0. The number of methoxy groups -OCH3 is 1. The van der Waals surface area contributed by atoms with Crippen LogP contribution < -0.4 is 25.6 Å². The van der Waals surface area contributed by atoms with Gasteiger partial charge in [0.25, 0.3) is 11.8 Å². The summed E-state index contributed by atoms with van der Waals surface area (Å²) in [6.45, 7) is 1.62. The molecule has 0 atom stereocenters. The zero-order chi connectivity index (χ0) is 21.6. The zero-order valence-corrected chi connectivity index (χ0v) is 20.8. The van der Waals surface area contributed by atoms with Crippen LogP contribution in [0.15, 0.2) is 43.7 Å². The Morgan fingerprint density at radius 3 is 2.41 bits per heavy atom. The van der Waals surface area contributed by atoms with Gasteiger partial charge < -0.3 is 9.47 Å². The van der Waals surface area contributed by atoms with Crippen molar-refractivity contribution >= 4 is 76.9 Å². The Morgan fingerprint density at radius 1 is 1.07 bits per heavy atom. The molecule has 0 radical (unpaired) electrons. The van der Waals surface area contributed by atoms with E-state index in [1.54, 1.807) is 18.2 Å². The van der Waals surface area contributed by atoms with E-state index in [9.17, 15) is 9.59 Å². The van der Waals surface area contributed by atoms with E-state index in [2.05, 4.69) is 64.0 Å². The maximum atomic E-state index is 12.2. The highest BCUT2D eigenvalue weighted by atomic mass is 79.9. The lowest BCUT2D eigenvalue weighted by molar-refractivity contribution is -0.121. The largest absolute Gasteiger partial charge is 0.496 e. The number of carbonyl (C=O) groups is 2. The summed E-state index contributed by atoms with van der Waals surface area (Å²) in [5.74, 6) is 0.249. The minimum atomic E-state index is -0.474. The van der Waals surface area contributed by atoms with Crippen LogP contribution in [-0.2, 0) is 4.79 Å². The van der Waals surface area contributed by atoms with Crippen molar-refractivity contribution < 1.29 is 19.1 Å². The Balaban J connectivity index is 1.82. The predicted octanol–water partition coefficient (Wildman–Crippen LogP) is 4.01. The highest BCUT2D eigenvalue weighted by Gasteiger charge is 2.12. The number of halogens is 3. The maximum Gasteiger partial charge on any atom is 0.269 e. The van der Waals surface area contributed by atoms with E-state index in [1.807, 2.05) is 19.1 Å². The van der Waals surface area contributed by atoms with Crippen LogP contribution in [0.2, 0.25) is 0 Å². The van der Waals surface area contributed by atoms with Gasteiger partial charge in [-0.15, -0.1) is 0 Å². The van der Waals surface area contributed by atoms with Crippen molar-refractivity contribution in [3.05, 3.63) is 54.9 Å². The van der Waals surface area contributed by atoms with Gasteiger partial charge in [0.1, 0.15) is 11.5 Å². The van der Waals surface area contributed by atoms with Crippen LogP contribution in [0.4, 0.5) is 0 Å². The summed E-state index contributed by atoms with van der Waals surface area (Å²) in [5, 5.41) is 2.36. The molecule has 7 nitrogen and oxygen atoms in total. The fraction of sp³-hybridized carbons (Fsp3) is 0.167. The summed E-state index contributed by atoms with van der Waals surface area (Å²) in [6, 6.07) is 8.54. The average molecular weight is 610 g/mol. The van der Waals surface area contributed by atoms with E-state index in [1.165, 1.54) is 7.11 Å². The number of rotatable bonds is 5. The summed E-state index contributed by atoms with van der Waals surface area (Å²) in [7, 11) is 1.53. The third-order valence-electron chi connectivity index (χ3n) is 3.50. The molecule has 2 aromatic carbocycles. The molecule has 2 amide bonds. The van der Waals surface area contributed by atoms with Crippen molar-refractivity contribution in [3.8, 4) is 11.5 Å². The van der Waals surface area contributed by atoms with Crippen LogP contribution in [0, 0.1) is 6.92 Å². The molecule has 0 fully saturated rings. The Bertz CT molecular complexity index is 933. The van der Waals surface area contributed by atoms with E-state index in [0.717, 1.165) is 14.5 Å². The molecule has 29 heavy (non-hydrogen) atoms. The molecule has 0 heterocycles. The monoisotopic (exact) mass is 607 g/mol. The molecule has 0 aliphatic heterocycles. The number of hydrazine groups is 1. The van der Waals surface area contributed by atoms with E-state index < -0.39 is 11.8 Å². The highest BCUT2D eigenvalue weighted by molar-refractivity contribution is 9.11. The van der Waals surface area contributed by atoms with Crippen molar-refractivity contribution in [1.29, 1.82) is 0 Å². The molecule has 0 bridgehead atoms. The number of nitrogens with one attached hydrogen (secondary N) is 3. The van der Waals surface area contributed by atoms with Gasteiger partial charge in [0, 0.05) is 10.0 Å². The van der Waals surface area contributed by atoms with Gasteiger partial charge in [0.05, 0.1) is 16.1 Å². The van der Waals surface area contributed by atoms with Crippen molar-refractivity contribution in [3.63, 3.8) is 0 Å². The Labute approximate surface area is 198 Å². The number of hydrogen-bond donors (Lipinski definition) is 3. The van der Waals surface area contributed by atoms with E-state index in [4.69, 9.17) is 21.7 Å². The van der Waals surface area contributed by atoms with Crippen LogP contribution in [-0.4, -0.2) is 30.6 Å². The van der Waals surface area contributed by atoms with Crippen molar-refractivity contribution in [2.45, 2.75) is 6.92 Å². The number of hydrogen-bond acceptors (Lipinski definition) is 5. The van der Waals surface area contributed by atoms with Crippen LogP contribution in [0.25, 0.3) is 0 Å². The third kappa shape index (κ3) is 6.95. The fourth-order valence-electron chi connectivity index (χ4n) is 2.20. The molecular weight excluding hydrogens is 594 g/mol. The number of benzene rings is 2. The lowest BCUT2D eigenvalue weighted by Gasteiger charge is -2.13. The molecule has 3 N–H and O–H groups in total. The number of amides is 2. The summed E-state index contributed by atoms with van der Waals surface area (Å²) in [4.78, 5) is 24.2. The van der Waals surface area contributed by atoms with Crippen molar-refractivity contribution in [1.82, 2.24) is 16.2 Å². The highest BCUT2D eigenvalue weighted by Crippen LogP contribution is 2.32. The topological polar surface area (TPSA) is 88.7 Å². The van der Waals surface area contributed by atoms with Crippen molar-refractivity contribution in [2.24, 2.45) is 0 Å². The molecule has 0 spiro atoms. The summed E-state index contributed by atoms with van der Waals surface area (Å²) < 4.78 is 12.9. The molecular formula is C18H16Br3N3O4S. The zero-order valence-electron chi connectivity index (χ0n) is 15.3. The second-order valence-corrected chi connectivity index (χ2v) is 8.66. The number of thiocarbonyl (C=S) groups is 1. The summed E-state index contributed by atoms with van der Waals surface area (Å²) >= 11 is 15.1. The smallest absolute Gasteiger partial charge is 0.269 e. The van der Waals surface area contributed by atoms with E-state index >= 15 is 0 Å². The molecule has 0 saturated heterocycles. The van der Waals surface area contributed by atoms with Gasteiger partial charge in [-0.1, -0.05) is 15.9 Å². The van der Waals surface area contributed by atoms with Gasteiger partial charge in [0.15, 0.2) is 11.7 Å². The lowest BCUT2D eigenvalue weighted by Crippen LogP contribution is -2.49. The molecule has 11 heteroatoms. The Hall–Kier alpha value is -1.69. The summed E-state index contributed by atoms with van der Waals surface area (Å²) in [5.41, 5.74) is 6.11. The standard InChI is InChI=1S/C18H16Br3N3O4S/c1-9-5-11(19)7-13(21)16(9)28-8-15(25)22-18(29)24-23-17(26)10-3-4-14(27-2)12(20)6-10/h3-7H,8H2,1-2H3,(H,23,26)(H2,22,24,25,29). The minimum Gasteiger partial charge on any atom is -0.496 e. The average Bonchev–Trinajstić information content (AvgIpc) is 2.65. The third-order valence-corrected chi connectivity index (χ3v) is 5.37. The van der Waals surface area contributed by atoms with E-state index in [-0.39, 0.29) is 11.7 Å². The number of aryl methyl sites for hydroxylation is 1. The second-order valence-electron chi connectivity index (χ2n) is 5.63. The van der Waals surface area contributed by atoms with Crippen LogP contribution in [0.5, 0.6) is 11.5 Å². The molecule has 0 aliphatic carbocycles. The molecule has 0 saturated carbocycles. The fourth-order valence-corrected chi connectivity index (χ4v) is 4.46. The first kappa shape index (κ1) is 23.6. The van der Waals surface area contributed by atoms with Crippen LogP contribution in [0.1, 0.15) is 15.9 Å². The molecule has 0 aromatic heterocycles. The van der Waals surface area contributed by atoms with Gasteiger partial charge in [-0.25, -0.2) is 0 Å². The Morgan fingerprint density at radius 2 is 1.79 bits per heavy atom. The SMILES string of the molecule is COc1ccc(C(=O)NNC(=S)NC(=O)COc2c(C)cc(Br)cc2Br)cc1Br. The Kier molecular flexibility index (Phi) is 8.87. The van der Waals surface area contributed by atoms with Gasteiger partial charge in [0.2, 0.25) is 0 Å². The molecule has 0 aliphatic rings. The predicted molar refractivity (Wildman–Crippen MR) is 124 cm³/mol. The minimum absolute atomic E-state index is 0.0638. The van der Waals surface area contributed by atoms with Gasteiger partial charge in [-0.05, 0) is 86.9 Å². The molecule has 2 rings (SSSR count). The number of ether oxygens (including phenoxy) is 2. The van der Waals surface area contributed by atoms with Crippen molar-refractivity contribution in [2.75, 3.05) is 13.7 Å². The first-order valence-corrected chi connectivity index (χ1v) is 10.8. The molecule has 2 aromatic rings. The van der Waals surface area contributed by atoms with Gasteiger partial charge in [-0.3, -0.25) is 25.8 Å². The van der Waals surface area contributed by atoms with E-state index in [0.29, 0.717) is 21.5 Å². The second kappa shape index (κ2) is 10.9. The first-order valence-electron chi connectivity index (χ1n) is 8.03. The quantitative estimate of drug-likeness (QED) is 0.351. The van der Waals surface area contributed by atoms with Gasteiger partial charge in [-0.2, -0.15) is 0 Å². The molecule has 0 unspecified atom stereocenters. The lowest BCUT2D eigenvalue weighted by atomic mass is 10.2. The van der Waals surface area contributed by atoms with Crippen LogP contribution in [0.3, 0.4) is 0 Å². The normalized spacial score (nSPS) is 10.1. The van der Waals surface area contributed by atoms with Crippen LogP contribution >= 0.6 is 60.0 Å².